The fraction of sp³-hybridized carbons (Fsp3) is 0. The summed E-state index contributed by atoms with van der Waals surface area (Å²) in [5.74, 6) is -1.21. The van der Waals surface area contributed by atoms with Crippen molar-refractivity contribution in [2.75, 3.05) is 5.32 Å². The van der Waals surface area contributed by atoms with Gasteiger partial charge in [-0.1, -0.05) is 12.2 Å². The number of thiocarbonyl (C=S) groups is 1. The van der Waals surface area contributed by atoms with Crippen LogP contribution in [0.25, 0.3) is 0 Å². The molecule has 0 bridgehead atoms. The molecule has 1 aromatic carbocycles. The number of rotatable bonds is 3. The third-order valence-electron chi connectivity index (χ3n) is 2.36. The molecule has 1 amide bonds. The Labute approximate surface area is 118 Å². The lowest BCUT2D eigenvalue weighted by Gasteiger charge is -2.07. The summed E-state index contributed by atoms with van der Waals surface area (Å²) in [6, 6.07) is 5.42. The van der Waals surface area contributed by atoms with Gasteiger partial charge in [-0.25, -0.2) is 4.39 Å². The molecule has 0 aliphatic carbocycles. The molecule has 3 N–H and O–H groups in total. The average Bonchev–Trinajstić information content (AvgIpc) is 2.77. The predicted molar refractivity (Wildman–Crippen MR) is 74.0 cm³/mol. The molecule has 1 aromatic heterocycles. The fourth-order valence-corrected chi connectivity index (χ4v) is 1.74. The van der Waals surface area contributed by atoms with Crippen molar-refractivity contribution in [2.24, 2.45) is 5.73 Å². The summed E-state index contributed by atoms with van der Waals surface area (Å²) >= 11 is 10.4. The van der Waals surface area contributed by atoms with Crippen molar-refractivity contribution in [3.05, 3.63) is 52.7 Å². The van der Waals surface area contributed by atoms with Crippen LogP contribution in [0.2, 0.25) is 5.22 Å². The molecule has 0 saturated heterocycles. The summed E-state index contributed by atoms with van der Waals surface area (Å²) < 4.78 is 18.5. The highest BCUT2D eigenvalue weighted by molar-refractivity contribution is 7.80. The monoisotopic (exact) mass is 298 g/mol. The van der Waals surface area contributed by atoms with Crippen molar-refractivity contribution in [1.29, 1.82) is 0 Å². The molecule has 0 aliphatic heterocycles. The largest absolute Gasteiger partial charge is 0.452 e. The first kappa shape index (κ1) is 13.5. The summed E-state index contributed by atoms with van der Waals surface area (Å²) in [7, 11) is 0. The predicted octanol–water partition coefficient (Wildman–Crippen LogP) is 2.96. The van der Waals surface area contributed by atoms with E-state index in [0.29, 0.717) is 5.56 Å². The minimum absolute atomic E-state index is 0.00210. The Hall–Kier alpha value is -1.92. The van der Waals surface area contributed by atoms with Crippen LogP contribution in [0.3, 0.4) is 0 Å². The summed E-state index contributed by atoms with van der Waals surface area (Å²) in [6.45, 7) is 0. The Bertz CT molecular complexity index is 657. The number of anilines is 1. The van der Waals surface area contributed by atoms with Crippen molar-refractivity contribution >= 4 is 40.4 Å². The van der Waals surface area contributed by atoms with E-state index in [0.717, 1.165) is 6.07 Å². The Kier molecular flexibility index (Phi) is 3.82. The van der Waals surface area contributed by atoms with Gasteiger partial charge in [0.05, 0.1) is 17.5 Å². The lowest BCUT2D eigenvalue weighted by Crippen LogP contribution is -2.14. The minimum atomic E-state index is -0.640. The van der Waals surface area contributed by atoms with E-state index in [-0.39, 0.29) is 21.5 Å². The van der Waals surface area contributed by atoms with E-state index in [1.807, 2.05) is 0 Å². The van der Waals surface area contributed by atoms with E-state index in [2.05, 4.69) is 5.32 Å². The SMILES string of the molecule is NC(=S)c1ccc(NC(=O)c2ccoc2Cl)c(F)c1. The number of carbonyl (C=O) groups excluding carboxylic acids is 1. The molecule has 1 heterocycles. The van der Waals surface area contributed by atoms with Gasteiger partial charge in [0.15, 0.2) is 0 Å². The number of furan rings is 1. The molecule has 4 nitrogen and oxygen atoms in total. The Morgan fingerprint density at radius 3 is 2.68 bits per heavy atom. The molecule has 19 heavy (non-hydrogen) atoms. The van der Waals surface area contributed by atoms with Gasteiger partial charge in [-0.15, -0.1) is 0 Å². The van der Waals surface area contributed by atoms with Crippen LogP contribution < -0.4 is 11.1 Å². The van der Waals surface area contributed by atoms with Crippen LogP contribution in [0.5, 0.6) is 0 Å². The lowest BCUT2D eigenvalue weighted by atomic mass is 10.2. The standard InChI is InChI=1S/C12H8ClFN2O2S/c13-10-7(3-4-18-10)12(17)16-9-2-1-6(11(15)19)5-8(9)14/h1-5H,(H2,15,19)(H,16,17). The van der Waals surface area contributed by atoms with Crippen LogP contribution >= 0.6 is 23.8 Å². The number of nitrogens with two attached hydrogens (primary N) is 1. The van der Waals surface area contributed by atoms with Gasteiger partial charge in [0.25, 0.3) is 5.91 Å². The molecular weight excluding hydrogens is 291 g/mol. The van der Waals surface area contributed by atoms with Crippen molar-refractivity contribution in [1.82, 2.24) is 0 Å². The van der Waals surface area contributed by atoms with Crippen LogP contribution in [0, 0.1) is 5.82 Å². The Morgan fingerprint density at radius 1 is 1.42 bits per heavy atom. The number of hydrogen-bond donors (Lipinski definition) is 2. The van der Waals surface area contributed by atoms with Crippen LogP contribution in [0.15, 0.2) is 34.9 Å². The topological polar surface area (TPSA) is 68.3 Å². The fourth-order valence-electron chi connectivity index (χ4n) is 1.42. The van der Waals surface area contributed by atoms with Gasteiger partial charge in [-0.3, -0.25) is 4.79 Å². The highest BCUT2D eigenvalue weighted by atomic mass is 35.5. The molecule has 2 aromatic rings. The van der Waals surface area contributed by atoms with Crippen LogP contribution in [0.4, 0.5) is 10.1 Å². The van der Waals surface area contributed by atoms with Crippen LogP contribution in [0.1, 0.15) is 15.9 Å². The number of nitrogens with one attached hydrogen (secondary N) is 1. The number of hydrogen-bond acceptors (Lipinski definition) is 3. The molecule has 0 aliphatic rings. The molecule has 2 rings (SSSR count). The molecular formula is C12H8ClFN2O2S. The van der Waals surface area contributed by atoms with Gasteiger partial charge in [-0.05, 0) is 35.9 Å². The zero-order valence-electron chi connectivity index (χ0n) is 9.44. The first-order chi connectivity index (χ1) is 8.99. The zero-order chi connectivity index (χ0) is 14.0. The van der Waals surface area contributed by atoms with Crippen molar-refractivity contribution in [3.63, 3.8) is 0 Å². The second-order valence-electron chi connectivity index (χ2n) is 3.62. The molecule has 0 atom stereocenters. The number of carbonyl (C=O) groups is 1. The molecule has 0 unspecified atom stereocenters. The number of benzene rings is 1. The normalized spacial score (nSPS) is 10.2. The molecule has 98 valence electrons. The molecule has 0 spiro atoms. The maximum Gasteiger partial charge on any atom is 0.260 e. The van der Waals surface area contributed by atoms with E-state index in [4.69, 9.17) is 34.0 Å². The first-order valence-electron chi connectivity index (χ1n) is 5.12. The smallest absolute Gasteiger partial charge is 0.260 e. The summed E-state index contributed by atoms with van der Waals surface area (Å²) in [4.78, 5) is 11.9. The quantitative estimate of drug-likeness (QED) is 0.855. The first-order valence-corrected chi connectivity index (χ1v) is 5.91. The summed E-state index contributed by atoms with van der Waals surface area (Å²) in [6.07, 6.45) is 1.27. The molecule has 7 heteroatoms. The number of amides is 1. The van der Waals surface area contributed by atoms with Gasteiger partial charge >= 0.3 is 0 Å². The molecule has 0 radical (unpaired) electrons. The lowest BCUT2D eigenvalue weighted by molar-refractivity contribution is 0.102. The second kappa shape index (κ2) is 5.38. The highest BCUT2D eigenvalue weighted by Gasteiger charge is 2.15. The maximum atomic E-state index is 13.7. The number of halogens is 2. The molecule has 0 fully saturated rings. The van der Waals surface area contributed by atoms with Crippen molar-refractivity contribution < 1.29 is 13.6 Å². The third kappa shape index (κ3) is 2.91. The highest BCUT2D eigenvalue weighted by Crippen LogP contribution is 2.20. The van der Waals surface area contributed by atoms with Crippen molar-refractivity contribution in [3.8, 4) is 0 Å². The van der Waals surface area contributed by atoms with E-state index in [1.54, 1.807) is 0 Å². The van der Waals surface area contributed by atoms with Gasteiger partial charge in [0, 0.05) is 5.56 Å². The Balaban J connectivity index is 2.23. The summed E-state index contributed by atoms with van der Waals surface area (Å²) in [5, 5.41) is 2.32. The minimum Gasteiger partial charge on any atom is -0.452 e. The van der Waals surface area contributed by atoms with E-state index < -0.39 is 11.7 Å². The van der Waals surface area contributed by atoms with E-state index >= 15 is 0 Å². The molecule has 0 saturated carbocycles. The van der Waals surface area contributed by atoms with Crippen LogP contribution in [-0.4, -0.2) is 10.9 Å². The zero-order valence-corrected chi connectivity index (χ0v) is 11.0. The van der Waals surface area contributed by atoms with Gasteiger partial charge in [0.1, 0.15) is 10.8 Å². The van der Waals surface area contributed by atoms with Crippen molar-refractivity contribution in [2.45, 2.75) is 0 Å². The van der Waals surface area contributed by atoms with E-state index in [9.17, 15) is 9.18 Å². The van der Waals surface area contributed by atoms with Gasteiger partial charge < -0.3 is 15.5 Å². The van der Waals surface area contributed by atoms with Gasteiger partial charge in [-0.2, -0.15) is 0 Å². The summed E-state index contributed by atoms with van der Waals surface area (Å²) in [5.41, 5.74) is 5.89. The average molecular weight is 299 g/mol. The van der Waals surface area contributed by atoms with Crippen LogP contribution in [-0.2, 0) is 0 Å². The Morgan fingerprint density at radius 2 is 2.16 bits per heavy atom. The third-order valence-corrected chi connectivity index (χ3v) is 2.89. The van der Waals surface area contributed by atoms with Gasteiger partial charge in [0.2, 0.25) is 5.22 Å². The van der Waals surface area contributed by atoms with E-state index in [1.165, 1.54) is 24.5 Å². The maximum absolute atomic E-state index is 13.7. The second-order valence-corrected chi connectivity index (χ2v) is 4.40.